The van der Waals surface area contributed by atoms with E-state index in [2.05, 4.69) is 60.0 Å². The quantitative estimate of drug-likeness (QED) is 0.516. The van der Waals surface area contributed by atoms with Crippen molar-refractivity contribution in [1.82, 2.24) is 10.7 Å². The van der Waals surface area contributed by atoms with Gasteiger partial charge in [0, 0.05) is 6.54 Å². The van der Waals surface area contributed by atoms with E-state index in [0.717, 1.165) is 5.56 Å². The third-order valence-corrected chi connectivity index (χ3v) is 3.33. The molecule has 2 aromatic rings. The first-order valence-electron chi connectivity index (χ1n) is 6.83. The fraction of sp³-hybridized carbons (Fsp3) is 0.176. The zero-order valence-electron chi connectivity index (χ0n) is 12.3. The van der Waals surface area contributed by atoms with E-state index < -0.39 is 0 Å². The minimum absolute atomic E-state index is 0.514. The van der Waals surface area contributed by atoms with E-state index in [9.17, 15) is 0 Å². The highest BCUT2D eigenvalue weighted by molar-refractivity contribution is 7.80. The summed E-state index contributed by atoms with van der Waals surface area (Å²) in [5.41, 5.74) is 7.54. The van der Waals surface area contributed by atoms with Crippen LogP contribution in [0, 0.1) is 13.8 Å². The summed E-state index contributed by atoms with van der Waals surface area (Å²) >= 11 is 5.19. The van der Waals surface area contributed by atoms with Gasteiger partial charge in [-0.05, 0) is 42.8 Å². The Bertz CT molecular complexity index is 636. The first-order chi connectivity index (χ1) is 10.1. The Labute approximate surface area is 131 Å². The van der Waals surface area contributed by atoms with Crippen molar-refractivity contribution in [2.75, 3.05) is 0 Å². The molecule has 0 saturated heterocycles. The normalized spacial score (nSPS) is 10.6. The first-order valence-corrected chi connectivity index (χ1v) is 7.24. The predicted molar refractivity (Wildman–Crippen MR) is 92.5 cm³/mol. The summed E-state index contributed by atoms with van der Waals surface area (Å²) in [7, 11) is 0. The van der Waals surface area contributed by atoms with Gasteiger partial charge in [-0.15, -0.1) is 0 Å². The summed E-state index contributed by atoms with van der Waals surface area (Å²) in [5, 5.41) is 7.79. The molecule has 0 unspecified atom stereocenters. The Hall–Kier alpha value is -2.20. The molecular weight excluding hydrogens is 278 g/mol. The van der Waals surface area contributed by atoms with Gasteiger partial charge in [-0.25, -0.2) is 0 Å². The molecule has 0 aliphatic heterocycles. The third-order valence-electron chi connectivity index (χ3n) is 3.09. The molecule has 0 amide bonds. The monoisotopic (exact) mass is 297 g/mol. The Morgan fingerprint density at radius 3 is 2.62 bits per heavy atom. The van der Waals surface area contributed by atoms with Gasteiger partial charge in [0.25, 0.3) is 0 Å². The molecule has 0 spiro atoms. The highest BCUT2D eigenvalue weighted by Gasteiger charge is 1.96. The molecule has 2 aromatic carbocycles. The summed E-state index contributed by atoms with van der Waals surface area (Å²) in [4.78, 5) is 0. The van der Waals surface area contributed by atoms with Gasteiger partial charge in [-0.2, -0.15) is 5.10 Å². The van der Waals surface area contributed by atoms with Crippen molar-refractivity contribution in [2.24, 2.45) is 5.10 Å². The second kappa shape index (κ2) is 7.55. The molecule has 3 nitrogen and oxygen atoms in total. The first kappa shape index (κ1) is 15.2. The molecule has 0 atom stereocenters. The number of hydrogen-bond acceptors (Lipinski definition) is 2. The van der Waals surface area contributed by atoms with Crippen molar-refractivity contribution in [1.29, 1.82) is 0 Å². The Kier molecular flexibility index (Phi) is 5.46. The number of nitrogens with zero attached hydrogens (tertiary/aromatic N) is 1. The van der Waals surface area contributed by atoms with Crippen molar-refractivity contribution < 1.29 is 0 Å². The van der Waals surface area contributed by atoms with Gasteiger partial charge in [0.1, 0.15) is 0 Å². The number of aryl methyl sites for hydroxylation is 2. The van der Waals surface area contributed by atoms with Crippen LogP contribution in [-0.2, 0) is 6.54 Å². The molecule has 2 N–H and O–H groups in total. The fourth-order valence-electron chi connectivity index (χ4n) is 1.95. The number of benzene rings is 2. The van der Waals surface area contributed by atoms with Gasteiger partial charge >= 0.3 is 0 Å². The molecule has 108 valence electrons. The van der Waals surface area contributed by atoms with Crippen molar-refractivity contribution >= 4 is 23.5 Å². The number of nitrogens with one attached hydrogen (secondary N) is 2. The van der Waals surface area contributed by atoms with Crippen LogP contribution in [-0.4, -0.2) is 11.3 Å². The van der Waals surface area contributed by atoms with Gasteiger partial charge in [0.05, 0.1) is 6.21 Å². The highest BCUT2D eigenvalue weighted by atomic mass is 32.1. The number of hydrazone groups is 1. The van der Waals surface area contributed by atoms with Gasteiger partial charge in [-0.3, -0.25) is 5.43 Å². The Morgan fingerprint density at radius 2 is 1.90 bits per heavy atom. The van der Waals surface area contributed by atoms with E-state index >= 15 is 0 Å². The van der Waals surface area contributed by atoms with Crippen LogP contribution >= 0.6 is 12.2 Å². The van der Waals surface area contributed by atoms with E-state index in [1.165, 1.54) is 16.7 Å². The molecule has 0 heterocycles. The van der Waals surface area contributed by atoms with Crippen LogP contribution < -0.4 is 10.7 Å². The topological polar surface area (TPSA) is 36.4 Å². The third kappa shape index (κ3) is 5.00. The fourth-order valence-corrected chi connectivity index (χ4v) is 2.07. The lowest BCUT2D eigenvalue weighted by Gasteiger charge is -2.07. The van der Waals surface area contributed by atoms with Crippen LogP contribution in [0.5, 0.6) is 0 Å². The molecule has 0 fully saturated rings. The number of rotatable bonds is 4. The second-order valence-electron chi connectivity index (χ2n) is 4.90. The van der Waals surface area contributed by atoms with E-state index in [1.807, 2.05) is 18.2 Å². The van der Waals surface area contributed by atoms with E-state index in [1.54, 1.807) is 6.21 Å². The van der Waals surface area contributed by atoms with Crippen LogP contribution in [0.3, 0.4) is 0 Å². The molecule has 0 saturated carbocycles. The smallest absolute Gasteiger partial charge is 0.187 e. The zero-order chi connectivity index (χ0) is 15.1. The maximum atomic E-state index is 5.19. The summed E-state index contributed by atoms with van der Waals surface area (Å²) in [5.74, 6) is 0. The van der Waals surface area contributed by atoms with E-state index in [-0.39, 0.29) is 0 Å². The van der Waals surface area contributed by atoms with Crippen molar-refractivity contribution in [3.8, 4) is 0 Å². The van der Waals surface area contributed by atoms with Crippen molar-refractivity contribution in [3.05, 3.63) is 70.8 Å². The van der Waals surface area contributed by atoms with Gasteiger partial charge in [-0.1, -0.05) is 54.1 Å². The maximum absolute atomic E-state index is 5.19. The van der Waals surface area contributed by atoms with Gasteiger partial charge in [0.2, 0.25) is 0 Å². The molecule has 0 aromatic heterocycles. The molecule has 21 heavy (non-hydrogen) atoms. The van der Waals surface area contributed by atoms with Crippen LogP contribution in [0.1, 0.15) is 22.3 Å². The summed E-state index contributed by atoms with van der Waals surface area (Å²) in [6.07, 6.45) is 1.78. The standard InChI is InChI=1S/C17H19N3S/c1-13-8-9-16(14(2)10-13)12-19-20-17(21)18-11-15-6-4-3-5-7-15/h3-10,12H,11H2,1-2H3,(H2,18,20,21). The van der Waals surface area contributed by atoms with Gasteiger partial charge < -0.3 is 5.32 Å². The Balaban J connectivity index is 1.82. The summed E-state index contributed by atoms with van der Waals surface area (Å²) < 4.78 is 0. The highest BCUT2D eigenvalue weighted by Crippen LogP contribution is 2.07. The number of hydrogen-bond donors (Lipinski definition) is 2. The minimum atomic E-state index is 0.514. The average Bonchev–Trinajstić information content (AvgIpc) is 2.48. The lowest BCUT2D eigenvalue weighted by atomic mass is 10.1. The predicted octanol–water partition coefficient (Wildman–Crippen LogP) is 3.30. The van der Waals surface area contributed by atoms with Crippen LogP contribution in [0.4, 0.5) is 0 Å². The largest absolute Gasteiger partial charge is 0.357 e. The summed E-state index contributed by atoms with van der Waals surface area (Å²) in [6, 6.07) is 16.4. The molecule has 2 rings (SSSR count). The Morgan fingerprint density at radius 1 is 1.14 bits per heavy atom. The molecule has 0 radical (unpaired) electrons. The second-order valence-corrected chi connectivity index (χ2v) is 5.31. The molecule has 4 heteroatoms. The summed E-state index contributed by atoms with van der Waals surface area (Å²) in [6.45, 7) is 4.83. The molecule has 0 bridgehead atoms. The molecular formula is C17H19N3S. The van der Waals surface area contributed by atoms with E-state index in [4.69, 9.17) is 12.2 Å². The molecule has 0 aliphatic rings. The van der Waals surface area contributed by atoms with Gasteiger partial charge in [0.15, 0.2) is 5.11 Å². The SMILES string of the molecule is Cc1ccc(C=NNC(=S)NCc2ccccc2)c(C)c1. The lowest BCUT2D eigenvalue weighted by molar-refractivity contribution is 0.869. The zero-order valence-corrected chi connectivity index (χ0v) is 13.1. The van der Waals surface area contributed by atoms with Crippen LogP contribution in [0.15, 0.2) is 53.6 Å². The minimum Gasteiger partial charge on any atom is -0.357 e. The lowest BCUT2D eigenvalue weighted by Crippen LogP contribution is -2.31. The van der Waals surface area contributed by atoms with E-state index in [0.29, 0.717) is 11.7 Å². The van der Waals surface area contributed by atoms with Crippen molar-refractivity contribution in [2.45, 2.75) is 20.4 Å². The number of thiocarbonyl (C=S) groups is 1. The van der Waals surface area contributed by atoms with Crippen LogP contribution in [0.2, 0.25) is 0 Å². The van der Waals surface area contributed by atoms with Crippen molar-refractivity contribution in [3.63, 3.8) is 0 Å². The maximum Gasteiger partial charge on any atom is 0.187 e. The van der Waals surface area contributed by atoms with Crippen LogP contribution in [0.25, 0.3) is 0 Å². The molecule has 0 aliphatic carbocycles. The average molecular weight is 297 g/mol.